The number of aliphatic carboxylic acids is 1. The number of nitrogens with zero attached hydrogens (tertiary/aromatic N) is 4. The van der Waals surface area contributed by atoms with Gasteiger partial charge in [-0.05, 0) is 62.9 Å². The van der Waals surface area contributed by atoms with Crippen LogP contribution in [0.5, 0.6) is 0 Å². The standard InChI is InChI=1S/C23H26N6O5S/c1-23(2,22(31)32)28(3)35(33,34)16-8-6-15(7-9-16)26-20-19-18(11-13-25-21(19)30)29(27-20)17(10-12-24)14-4-5-14/h6-9,11,13-14,17H,4-5,10H2,1-3H3,(H,25,30)(H,26,27)(H,31,32). The van der Waals surface area contributed by atoms with E-state index in [0.717, 1.165) is 17.1 Å². The van der Waals surface area contributed by atoms with Crippen LogP contribution in [0.15, 0.2) is 46.2 Å². The second-order valence-electron chi connectivity index (χ2n) is 9.11. The van der Waals surface area contributed by atoms with Gasteiger partial charge in [-0.1, -0.05) is 0 Å². The molecule has 0 aliphatic heterocycles. The number of aromatic nitrogens is 3. The number of pyridine rings is 1. The molecule has 12 heteroatoms. The maximum Gasteiger partial charge on any atom is 0.324 e. The molecule has 1 atom stereocenters. The Morgan fingerprint density at radius 1 is 1.34 bits per heavy atom. The number of nitriles is 1. The largest absolute Gasteiger partial charge is 0.480 e. The van der Waals surface area contributed by atoms with Gasteiger partial charge in [0.25, 0.3) is 5.56 Å². The highest BCUT2D eigenvalue weighted by Gasteiger charge is 2.40. The number of likely N-dealkylation sites (N-methyl/N-ethyl adjacent to an activating group) is 1. The second kappa shape index (κ2) is 8.83. The van der Waals surface area contributed by atoms with E-state index in [2.05, 4.69) is 21.5 Å². The predicted octanol–water partition coefficient (Wildman–Crippen LogP) is 2.82. The molecule has 4 rings (SSSR count). The van der Waals surface area contributed by atoms with Crippen LogP contribution < -0.4 is 10.9 Å². The molecule has 0 bridgehead atoms. The summed E-state index contributed by atoms with van der Waals surface area (Å²) in [5.74, 6) is -0.637. The van der Waals surface area contributed by atoms with E-state index in [9.17, 15) is 28.4 Å². The minimum Gasteiger partial charge on any atom is -0.480 e. The molecule has 0 radical (unpaired) electrons. The Morgan fingerprint density at radius 2 is 2.00 bits per heavy atom. The lowest BCUT2D eigenvalue weighted by Gasteiger charge is -2.30. The fourth-order valence-corrected chi connectivity index (χ4v) is 5.38. The highest BCUT2D eigenvalue weighted by atomic mass is 32.2. The van der Waals surface area contributed by atoms with Crippen molar-refractivity contribution in [1.82, 2.24) is 19.1 Å². The second-order valence-corrected chi connectivity index (χ2v) is 11.1. The smallest absolute Gasteiger partial charge is 0.324 e. The van der Waals surface area contributed by atoms with Crippen LogP contribution in [0.4, 0.5) is 11.5 Å². The van der Waals surface area contributed by atoms with E-state index in [1.807, 2.05) is 0 Å². The van der Waals surface area contributed by atoms with Crippen LogP contribution in [-0.2, 0) is 14.8 Å². The van der Waals surface area contributed by atoms with Crippen LogP contribution in [0.2, 0.25) is 0 Å². The van der Waals surface area contributed by atoms with Gasteiger partial charge in [-0.2, -0.15) is 14.7 Å². The topological polar surface area (TPSA) is 161 Å². The van der Waals surface area contributed by atoms with Gasteiger partial charge in [-0.25, -0.2) is 8.42 Å². The lowest BCUT2D eigenvalue weighted by molar-refractivity contribution is -0.145. The number of fused-ring (bicyclic) bond motifs is 1. The normalized spacial score (nSPS) is 15.2. The zero-order valence-electron chi connectivity index (χ0n) is 19.5. The summed E-state index contributed by atoms with van der Waals surface area (Å²) < 4.78 is 28.4. The number of sulfonamides is 1. The van der Waals surface area contributed by atoms with E-state index in [1.54, 1.807) is 10.7 Å². The molecule has 1 fully saturated rings. The van der Waals surface area contributed by atoms with Crippen molar-refractivity contribution in [2.24, 2.45) is 5.92 Å². The number of nitrogens with one attached hydrogen (secondary N) is 2. The SMILES string of the molecule is CN(C(C)(C)C(=O)O)S(=O)(=O)c1ccc(Nc2nn(C(CC#N)C3CC3)c3cc[nH]c(=O)c23)cc1. The Kier molecular flexibility index (Phi) is 6.16. The zero-order valence-corrected chi connectivity index (χ0v) is 20.3. The molecule has 35 heavy (non-hydrogen) atoms. The molecule has 0 spiro atoms. The van der Waals surface area contributed by atoms with Crippen molar-refractivity contribution in [1.29, 1.82) is 5.26 Å². The summed E-state index contributed by atoms with van der Waals surface area (Å²) in [5.41, 5.74) is -0.869. The number of hydrogen-bond acceptors (Lipinski definition) is 7. The molecule has 1 aromatic carbocycles. The molecule has 1 aliphatic rings. The minimum absolute atomic E-state index is 0.0732. The Bertz CT molecular complexity index is 1480. The van der Waals surface area contributed by atoms with Gasteiger partial charge in [0.05, 0.1) is 28.9 Å². The van der Waals surface area contributed by atoms with Gasteiger partial charge in [0.15, 0.2) is 5.82 Å². The van der Waals surface area contributed by atoms with Crippen LogP contribution in [0.25, 0.3) is 10.9 Å². The molecular formula is C23H26N6O5S. The van der Waals surface area contributed by atoms with Crippen LogP contribution in [0, 0.1) is 17.2 Å². The maximum atomic E-state index is 12.9. The molecule has 11 nitrogen and oxygen atoms in total. The molecular weight excluding hydrogens is 472 g/mol. The van der Waals surface area contributed by atoms with Gasteiger partial charge in [0.2, 0.25) is 10.0 Å². The van der Waals surface area contributed by atoms with Crippen molar-refractivity contribution in [3.05, 3.63) is 46.9 Å². The lowest BCUT2D eigenvalue weighted by atomic mass is 10.1. The third-order valence-electron chi connectivity index (χ3n) is 6.50. The molecule has 3 aromatic rings. The predicted molar refractivity (Wildman–Crippen MR) is 129 cm³/mol. The quantitative estimate of drug-likeness (QED) is 0.406. The van der Waals surface area contributed by atoms with Gasteiger partial charge in [0.1, 0.15) is 10.9 Å². The Morgan fingerprint density at radius 3 is 2.57 bits per heavy atom. The summed E-state index contributed by atoms with van der Waals surface area (Å²) in [6, 6.07) is 9.57. The van der Waals surface area contributed by atoms with E-state index in [4.69, 9.17) is 0 Å². The molecule has 0 saturated heterocycles. The van der Waals surface area contributed by atoms with Gasteiger partial charge >= 0.3 is 5.97 Å². The number of anilines is 2. The molecule has 2 aromatic heterocycles. The number of carbonyl (C=O) groups is 1. The number of aromatic amines is 1. The third-order valence-corrected chi connectivity index (χ3v) is 8.54. The molecule has 1 saturated carbocycles. The molecule has 1 aliphatic carbocycles. The number of H-pyrrole nitrogens is 1. The average Bonchev–Trinajstić information content (AvgIpc) is 3.59. The van der Waals surface area contributed by atoms with E-state index in [0.29, 0.717) is 28.3 Å². The highest BCUT2D eigenvalue weighted by Crippen LogP contribution is 2.43. The summed E-state index contributed by atoms with van der Waals surface area (Å²) in [5, 5.41) is 26.7. The molecule has 2 heterocycles. The van der Waals surface area contributed by atoms with Crippen LogP contribution >= 0.6 is 0 Å². The summed E-state index contributed by atoms with van der Waals surface area (Å²) in [4.78, 5) is 26.7. The highest BCUT2D eigenvalue weighted by molar-refractivity contribution is 7.89. The lowest BCUT2D eigenvalue weighted by Crippen LogP contribution is -2.50. The monoisotopic (exact) mass is 498 g/mol. The number of carboxylic acids is 1. The van der Waals surface area contributed by atoms with Crippen LogP contribution in [0.1, 0.15) is 39.2 Å². The fraction of sp³-hybridized carbons (Fsp3) is 0.391. The Hall–Kier alpha value is -3.69. The zero-order chi connectivity index (χ0) is 25.5. The Balaban J connectivity index is 1.67. The summed E-state index contributed by atoms with van der Waals surface area (Å²) in [6.45, 7) is 2.62. The van der Waals surface area contributed by atoms with Crippen molar-refractivity contribution in [3.8, 4) is 6.07 Å². The van der Waals surface area contributed by atoms with E-state index >= 15 is 0 Å². The maximum absolute atomic E-state index is 12.9. The first-order valence-electron chi connectivity index (χ1n) is 11.0. The minimum atomic E-state index is -4.07. The van der Waals surface area contributed by atoms with Gasteiger partial charge in [-0.3, -0.25) is 14.3 Å². The van der Waals surface area contributed by atoms with Crippen LogP contribution in [0.3, 0.4) is 0 Å². The van der Waals surface area contributed by atoms with E-state index in [-0.39, 0.29) is 22.9 Å². The number of rotatable bonds is 9. The third kappa shape index (κ3) is 4.40. The first-order valence-corrected chi connectivity index (χ1v) is 12.5. The fourth-order valence-electron chi connectivity index (χ4n) is 3.91. The van der Waals surface area contributed by atoms with E-state index < -0.39 is 21.5 Å². The number of carboxylic acid groups (broad SMARTS) is 1. The first kappa shape index (κ1) is 24.4. The van der Waals surface area contributed by atoms with Crippen molar-refractivity contribution in [3.63, 3.8) is 0 Å². The van der Waals surface area contributed by atoms with Gasteiger partial charge in [-0.15, -0.1) is 0 Å². The van der Waals surface area contributed by atoms with Crippen molar-refractivity contribution < 1.29 is 18.3 Å². The summed E-state index contributed by atoms with van der Waals surface area (Å²) >= 11 is 0. The Labute approximate surface area is 202 Å². The van der Waals surface area contributed by atoms with Crippen molar-refractivity contribution in [2.75, 3.05) is 12.4 Å². The van der Waals surface area contributed by atoms with Gasteiger partial charge in [0, 0.05) is 18.9 Å². The molecule has 0 amide bonds. The van der Waals surface area contributed by atoms with Crippen molar-refractivity contribution in [2.45, 2.75) is 49.6 Å². The molecule has 1 unspecified atom stereocenters. The van der Waals surface area contributed by atoms with Gasteiger partial charge < -0.3 is 15.4 Å². The summed E-state index contributed by atoms with van der Waals surface area (Å²) in [7, 11) is -2.85. The van der Waals surface area contributed by atoms with Crippen molar-refractivity contribution >= 4 is 38.4 Å². The average molecular weight is 499 g/mol. The number of hydrogen-bond donors (Lipinski definition) is 3. The number of benzene rings is 1. The summed E-state index contributed by atoms with van der Waals surface area (Å²) in [6.07, 6.45) is 3.82. The molecule has 3 N–H and O–H groups in total. The van der Waals surface area contributed by atoms with E-state index in [1.165, 1.54) is 51.4 Å². The first-order chi connectivity index (χ1) is 16.5. The molecule has 184 valence electrons. The van der Waals surface area contributed by atoms with Crippen LogP contribution in [-0.4, -0.2) is 51.1 Å².